The molecule has 0 aliphatic carbocycles. The second kappa shape index (κ2) is 10.5. The van der Waals surface area contributed by atoms with Gasteiger partial charge in [0.25, 0.3) is 0 Å². The number of amides is 1. The number of Topliss-reactive ketones (excluding diaryl/α,β-unsaturated/α-hetero) is 1. The van der Waals surface area contributed by atoms with Crippen molar-refractivity contribution in [3.8, 4) is 5.75 Å². The van der Waals surface area contributed by atoms with Gasteiger partial charge in [-0.25, -0.2) is 0 Å². The lowest BCUT2D eigenvalue weighted by atomic mass is 9.77. The van der Waals surface area contributed by atoms with Crippen LogP contribution >= 0.6 is 0 Å². The molecule has 1 aromatic carbocycles. The van der Waals surface area contributed by atoms with Crippen molar-refractivity contribution in [2.75, 3.05) is 11.4 Å². The quantitative estimate of drug-likeness (QED) is 0.572. The number of hydrogen-bond acceptors (Lipinski definition) is 3. The molecule has 0 aromatic heterocycles. The van der Waals surface area contributed by atoms with E-state index in [1.807, 2.05) is 6.92 Å². The Bertz CT molecular complexity index is 643. The van der Waals surface area contributed by atoms with Crippen molar-refractivity contribution in [3.05, 3.63) is 24.3 Å². The third-order valence-electron chi connectivity index (χ3n) is 4.49. The highest BCUT2D eigenvalue weighted by atomic mass is 19.4. The van der Waals surface area contributed by atoms with Gasteiger partial charge in [-0.15, -0.1) is 13.2 Å². The molecule has 0 bridgehead atoms. The molecule has 0 radical (unpaired) electrons. The molecule has 0 saturated carbocycles. The summed E-state index contributed by atoms with van der Waals surface area (Å²) in [5.74, 6) is -0.482. The fourth-order valence-electron chi connectivity index (χ4n) is 3.37. The third kappa shape index (κ3) is 6.84. The lowest BCUT2D eigenvalue weighted by Crippen LogP contribution is -2.36. The lowest BCUT2D eigenvalue weighted by Gasteiger charge is -2.27. The van der Waals surface area contributed by atoms with Crippen molar-refractivity contribution in [1.82, 2.24) is 0 Å². The minimum atomic E-state index is -4.75. The largest absolute Gasteiger partial charge is 0.573 e. The zero-order chi connectivity index (χ0) is 21.4. The van der Waals surface area contributed by atoms with E-state index in [1.165, 1.54) is 37.6 Å². The molecule has 0 spiro atoms. The number of rotatable bonds is 7. The number of carbonyl (C=O) groups is 2. The first-order chi connectivity index (χ1) is 13.1. The molecule has 1 aliphatic rings. The molecule has 1 aliphatic heterocycles. The number of ether oxygens (including phenoxy) is 1. The number of nitrogens with zero attached hydrogens (tertiary/aromatic N) is 1. The van der Waals surface area contributed by atoms with Gasteiger partial charge in [0.15, 0.2) is 0 Å². The molecule has 1 unspecified atom stereocenters. The second-order valence-electron chi connectivity index (χ2n) is 7.22. The number of unbranched alkanes of at least 4 members (excludes halogenated alkanes) is 1. The molecule has 7 heteroatoms. The highest BCUT2D eigenvalue weighted by Crippen LogP contribution is 2.42. The number of anilines is 1. The van der Waals surface area contributed by atoms with Gasteiger partial charge in [-0.1, -0.05) is 40.0 Å². The Morgan fingerprint density at radius 1 is 1.18 bits per heavy atom. The third-order valence-corrected chi connectivity index (χ3v) is 4.49. The maximum atomic E-state index is 12.9. The van der Waals surface area contributed by atoms with E-state index in [1.54, 1.807) is 4.90 Å². The number of benzene rings is 1. The molecule has 2 rings (SSSR count). The summed E-state index contributed by atoms with van der Waals surface area (Å²) in [7, 11) is 0. The number of alkyl halides is 3. The topological polar surface area (TPSA) is 46.6 Å². The van der Waals surface area contributed by atoms with Crippen LogP contribution in [0, 0.1) is 5.41 Å². The van der Waals surface area contributed by atoms with Crippen LogP contribution in [-0.2, 0) is 9.59 Å². The highest BCUT2D eigenvalue weighted by Gasteiger charge is 2.47. The SMILES string of the molecule is CCC.CCCCC1(CC(C)=O)CCN(c2ccc(OC(F)(F)F)cc2)C1=O. The smallest absolute Gasteiger partial charge is 0.406 e. The fraction of sp³-hybridized carbons (Fsp3) is 0.619. The predicted molar refractivity (Wildman–Crippen MR) is 103 cm³/mol. The van der Waals surface area contributed by atoms with Gasteiger partial charge in [0, 0.05) is 18.7 Å². The van der Waals surface area contributed by atoms with Crippen LogP contribution in [0.25, 0.3) is 0 Å². The average molecular weight is 401 g/mol. The Hall–Kier alpha value is -2.05. The zero-order valence-corrected chi connectivity index (χ0v) is 17.1. The van der Waals surface area contributed by atoms with E-state index in [4.69, 9.17) is 0 Å². The van der Waals surface area contributed by atoms with Crippen LogP contribution in [0.2, 0.25) is 0 Å². The Morgan fingerprint density at radius 3 is 2.21 bits per heavy atom. The Labute approximate surface area is 165 Å². The maximum Gasteiger partial charge on any atom is 0.573 e. The van der Waals surface area contributed by atoms with Crippen LogP contribution in [-0.4, -0.2) is 24.6 Å². The van der Waals surface area contributed by atoms with E-state index >= 15 is 0 Å². The standard InChI is InChI=1S/C18H22F3NO3.C3H8/c1-3-4-9-17(12-13(2)23)10-11-22(16(17)24)14-5-7-15(8-6-14)25-18(19,20)21;1-3-2/h5-8H,3-4,9-12H2,1-2H3;3H2,1-2H3. The zero-order valence-electron chi connectivity index (χ0n) is 17.1. The number of hydrogen-bond donors (Lipinski definition) is 0. The van der Waals surface area contributed by atoms with Gasteiger partial charge in [0.2, 0.25) is 5.91 Å². The number of ketones is 1. The van der Waals surface area contributed by atoms with Crippen molar-refractivity contribution in [2.45, 2.75) is 72.6 Å². The second-order valence-corrected chi connectivity index (χ2v) is 7.22. The summed E-state index contributed by atoms with van der Waals surface area (Å²) in [6, 6.07) is 5.24. The molecule has 158 valence electrons. The lowest BCUT2D eigenvalue weighted by molar-refractivity contribution is -0.274. The Balaban J connectivity index is 0.00000122. The molecular formula is C21H30F3NO3. The molecule has 1 atom stereocenters. The highest BCUT2D eigenvalue weighted by molar-refractivity contribution is 6.02. The van der Waals surface area contributed by atoms with Gasteiger partial charge in [-0.05, 0) is 44.0 Å². The van der Waals surface area contributed by atoms with Gasteiger partial charge in [0.05, 0.1) is 5.41 Å². The van der Waals surface area contributed by atoms with Crippen molar-refractivity contribution in [1.29, 1.82) is 0 Å². The molecule has 4 nitrogen and oxygen atoms in total. The van der Waals surface area contributed by atoms with Crippen molar-refractivity contribution < 1.29 is 27.5 Å². The molecule has 28 heavy (non-hydrogen) atoms. The first kappa shape index (κ1) is 24.0. The summed E-state index contributed by atoms with van der Waals surface area (Å²) in [5.41, 5.74) is -0.176. The molecule has 1 heterocycles. The molecular weight excluding hydrogens is 371 g/mol. The monoisotopic (exact) mass is 401 g/mol. The summed E-state index contributed by atoms with van der Waals surface area (Å²) in [4.78, 5) is 26.1. The summed E-state index contributed by atoms with van der Waals surface area (Å²) < 4.78 is 40.5. The number of carbonyl (C=O) groups excluding carboxylic acids is 2. The van der Waals surface area contributed by atoms with Crippen LogP contribution in [0.15, 0.2) is 24.3 Å². The van der Waals surface area contributed by atoms with E-state index in [0.717, 1.165) is 12.8 Å². The van der Waals surface area contributed by atoms with Gasteiger partial charge in [-0.2, -0.15) is 0 Å². The molecule has 0 N–H and O–H groups in total. The van der Waals surface area contributed by atoms with E-state index < -0.39 is 11.8 Å². The minimum Gasteiger partial charge on any atom is -0.406 e. The fourth-order valence-corrected chi connectivity index (χ4v) is 3.37. The molecule has 1 saturated heterocycles. The summed E-state index contributed by atoms with van der Waals surface area (Å²) in [6.07, 6.45) is -0.291. The first-order valence-electron chi connectivity index (χ1n) is 9.75. The average Bonchev–Trinajstić information content (AvgIpc) is 2.89. The molecule has 1 aromatic rings. The predicted octanol–water partition coefficient (Wildman–Crippen LogP) is 5.89. The Morgan fingerprint density at radius 2 is 1.75 bits per heavy atom. The van der Waals surface area contributed by atoms with Gasteiger partial charge in [0.1, 0.15) is 11.5 Å². The van der Waals surface area contributed by atoms with Crippen LogP contribution in [0.5, 0.6) is 5.75 Å². The van der Waals surface area contributed by atoms with Crippen LogP contribution < -0.4 is 9.64 Å². The van der Waals surface area contributed by atoms with Gasteiger partial charge in [-0.3, -0.25) is 9.59 Å². The summed E-state index contributed by atoms with van der Waals surface area (Å²) in [5, 5.41) is 0. The van der Waals surface area contributed by atoms with Crippen molar-refractivity contribution in [2.24, 2.45) is 5.41 Å². The van der Waals surface area contributed by atoms with E-state index in [2.05, 4.69) is 18.6 Å². The van der Waals surface area contributed by atoms with E-state index in [0.29, 0.717) is 25.1 Å². The summed E-state index contributed by atoms with van der Waals surface area (Å²) >= 11 is 0. The van der Waals surface area contributed by atoms with Crippen LogP contribution in [0.4, 0.5) is 18.9 Å². The van der Waals surface area contributed by atoms with Crippen molar-refractivity contribution in [3.63, 3.8) is 0 Å². The van der Waals surface area contributed by atoms with Gasteiger partial charge < -0.3 is 9.64 Å². The normalized spacial score (nSPS) is 19.2. The van der Waals surface area contributed by atoms with Crippen LogP contribution in [0.3, 0.4) is 0 Å². The number of halogens is 3. The van der Waals surface area contributed by atoms with E-state index in [-0.39, 0.29) is 23.9 Å². The molecule has 1 fully saturated rings. The van der Waals surface area contributed by atoms with E-state index in [9.17, 15) is 22.8 Å². The molecule has 1 amide bonds. The minimum absolute atomic E-state index is 0.0276. The maximum absolute atomic E-state index is 12.9. The summed E-state index contributed by atoms with van der Waals surface area (Å²) in [6.45, 7) is 8.21. The van der Waals surface area contributed by atoms with Crippen LogP contribution in [0.1, 0.15) is 66.2 Å². The first-order valence-corrected chi connectivity index (χ1v) is 9.75. The van der Waals surface area contributed by atoms with Gasteiger partial charge >= 0.3 is 6.36 Å². The Kier molecular flexibility index (Phi) is 8.98. The van der Waals surface area contributed by atoms with Crippen molar-refractivity contribution >= 4 is 17.4 Å².